The Hall–Kier alpha value is -2.02. The molecule has 4 atom stereocenters. The smallest absolute Gasteiger partial charge is 0.252 e. The van der Waals surface area contributed by atoms with Gasteiger partial charge in [-0.25, -0.2) is 9.50 Å². The van der Waals surface area contributed by atoms with Crippen molar-refractivity contribution in [1.29, 1.82) is 0 Å². The second-order valence-corrected chi connectivity index (χ2v) is 8.01. The van der Waals surface area contributed by atoms with Crippen LogP contribution in [0, 0.1) is 25.7 Å². The number of hydrogen-bond acceptors (Lipinski definition) is 5. The lowest BCUT2D eigenvalue weighted by Crippen LogP contribution is -2.36. The van der Waals surface area contributed by atoms with Gasteiger partial charge in [-0.1, -0.05) is 0 Å². The first-order valence-corrected chi connectivity index (χ1v) is 9.53. The summed E-state index contributed by atoms with van der Waals surface area (Å²) >= 11 is 0. The van der Waals surface area contributed by atoms with Crippen LogP contribution in [0.3, 0.4) is 0 Å². The molecule has 2 saturated carbocycles. The number of carbonyl (C=O) groups excluding carboxylic acids is 1. The summed E-state index contributed by atoms with van der Waals surface area (Å²) in [4.78, 5) is 23.3. The van der Waals surface area contributed by atoms with E-state index in [1.165, 1.54) is 6.33 Å². The highest BCUT2D eigenvalue weighted by atomic mass is 16.3. The van der Waals surface area contributed by atoms with E-state index >= 15 is 0 Å². The van der Waals surface area contributed by atoms with E-state index in [9.17, 15) is 9.90 Å². The van der Waals surface area contributed by atoms with Crippen LogP contribution in [0.25, 0.3) is 5.78 Å². The minimum atomic E-state index is -0.128. The molecule has 2 fully saturated rings. The quantitative estimate of drug-likeness (QED) is 0.900. The van der Waals surface area contributed by atoms with Gasteiger partial charge in [0.25, 0.3) is 5.78 Å². The van der Waals surface area contributed by atoms with Gasteiger partial charge in [-0.2, -0.15) is 10.1 Å². The van der Waals surface area contributed by atoms with E-state index in [2.05, 4.69) is 15.1 Å². The summed E-state index contributed by atoms with van der Waals surface area (Å²) in [7, 11) is 1.93. The van der Waals surface area contributed by atoms with Gasteiger partial charge in [-0.3, -0.25) is 4.79 Å². The highest BCUT2D eigenvalue weighted by molar-refractivity contribution is 5.76. The number of fused-ring (bicyclic) bond motifs is 2. The molecule has 0 radical (unpaired) electrons. The molecule has 0 spiro atoms. The van der Waals surface area contributed by atoms with Crippen LogP contribution in [-0.2, 0) is 11.2 Å². The molecule has 2 aromatic heterocycles. The predicted octanol–water partition coefficient (Wildman–Crippen LogP) is 1.68. The van der Waals surface area contributed by atoms with Gasteiger partial charge in [0, 0.05) is 30.9 Å². The average Bonchev–Trinajstić information content (AvgIpc) is 3.27. The molecular formula is C19H27N5O2. The van der Waals surface area contributed by atoms with Crippen molar-refractivity contribution in [2.45, 2.75) is 64.5 Å². The van der Waals surface area contributed by atoms with Crippen LogP contribution in [0.1, 0.15) is 49.1 Å². The van der Waals surface area contributed by atoms with Gasteiger partial charge >= 0.3 is 0 Å². The van der Waals surface area contributed by atoms with E-state index in [4.69, 9.17) is 0 Å². The molecule has 2 aromatic rings. The van der Waals surface area contributed by atoms with Crippen molar-refractivity contribution < 1.29 is 9.90 Å². The van der Waals surface area contributed by atoms with Gasteiger partial charge < -0.3 is 10.0 Å². The molecule has 7 nitrogen and oxygen atoms in total. The molecule has 1 N–H and O–H groups in total. The van der Waals surface area contributed by atoms with Crippen LogP contribution in [-0.4, -0.2) is 54.7 Å². The van der Waals surface area contributed by atoms with Gasteiger partial charge in [0.15, 0.2) is 0 Å². The average molecular weight is 357 g/mol. The fraction of sp³-hybridized carbons (Fsp3) is 0.684. The zero-order valence-corrected chi connectivity index (χ0v) is 15.7. The molecular weight excluding hydrogens is 330 g/mol. The molecule has 2 aliphatic carbocycles. The molecule has 0 aliphatic heterocycles. The van der Waals surface area contributed by atoms with E-state index < -0.39 is 0 Å². The maximum absolute atomic E-state index is 12.7. The number of nitrogens with zero attached hydrogens (tertiary/aromatic N) is 5. The molecule has 2 heterocycles. The Morgan fingerprint density at radius 3 is 2.65 bits per heavy atom. The van der Waals surface area contributed by atoms with E-state index in [-0.39, 0.29) is 12.0 Å². The number of hydrogen-bond donors (Lipinski definition) is 1. The number of carbonyl (C=O) groups is 1. The van der Waals surface area contributed by atoms with Gasteiger partial charge in [-0.15, -0.1) is 0 Å². The summed E-state index contributed by atoms with van der Waals surface area (Å²) in [5.41, 5.74) is 3.00. The van der Waals surface area contributed by atoms with Crippen molar-refractivity contribution in [3.8, 4) is 0 Å². The van der Waals surface area contributed by atoms with E-state index in [1.54, 1.807) is 4.52 Å². The highest BCUT2D eigenvalue weighted by Gasteiger charge is 2.42. The lowest BCUT2D eigenvalue weighted by atomic mass is 10.0. The molecule has 1 amide bonds. The molecule has 7 heteroatoms. The Labute approximate surface area is 153 Å². The molecule has 0 saturated heterocycles. The van der Waals surface area contributed by atoms with Crippen molar-refractivity contribution in [3.63, 3.8) is 0 Å². The Bertz CT molecular complexity index is 819. The van der Waals surface area contributed by atoms with Crippen LogP contribution in [0.15, 0.2) is 6.33 Å². The van der Waals surface area contributed by atoms with Crippen molar-refractivity contribution in [2.75, 3.05) is 7.05 Å². The normalized spacial score (nSPS) is 27.8. The largest absolute Gasteiger partial charge is 0.393 e. The number of aryl methyl sites for hydroxylation is 2. The van der Waals surface area contributed by atoms with E-state index in [0.29, 0.717) is 36.5 Å². The summed E-state index contributed by atoms with van der Waals surface area (Å²) in [5, 5.41) is 14.0. The fourth-order valence-corrected chi connectivity index (χ4v) is 5.00. The van der Waals surface area contributed by atoms with Crippen molar-refractivity contribution in [1.82, 2.24) is 24.5 Å². The van der Waals surface area contributed by atoms with Crippen LogP contribution >= 0.6 is 0 Å². The Morgan fingerprint density at radius 2 is 1.96 bits per heavy atom. The van der Waals surface area contributed by atoms with Crippen molar-refractivity contribution >= 4 is 11.7 Å². The Morgan fingerprint density at radius 1 is 1.27 bits per heavy atom. The van der Waals surface area contributed by atoms with Gasteiger partial charge in [0.05, 0.1) is 6.10 Å². The van der Waals surface area contributed by atoms with E-state index in [0.717, 1.165) is 42.6 Å². The molecule has 0 bridgehead atoms. The summed E-state index contributed by atoms with van der Waals surface area (Å²) in [6.45, 7) is 3.97. The van der Waals surface area contributed by atoms with Gasteiger partial charge in [0.2, 0.25) is 5.91 Å². The summed E-state index contributed by atoms with van der Waals surface area (Å²) in [5.74, 6) is 1.97. The number of rotatable bonds is 4. The number of aliphatic hydroxyl groups excluding tert-OH is 1. The molecule has 2 aliphatic rings. The lowest BCUT2D eigenvalue weighted by Gasteiger charge is -2.26. The van der Waals surface area contributed by atoms with E-state index in [1.807, 2.05) is 25.8 Å². The highest BCUT2D eigenvalue weighted by Crippen LogP contribution is 2.45. The summed E-state index contributed by atoms with van der Waals surface area (Å²) in [6, 6.07) is 0.322. The van der Waals surface area contributed by atoms with Gasteiger partial charge in [0.1, 0.15) is 6.33 Å². The SMILES string of the molecule is Cc1nc2ncnn2c(C)c1CCC(=O)N(C)C1C[C@H]2CC(O)C[C@H]2C1. The van der Waals surface area contributed by atoms with Crippen molar-refractivity contribution in [3.05, 3.63) is 23.3 Å². The molecule has 2 unspecified atom stereocenters. The van der Waals surface area contributed by atoms with Crippen LogP contribution in [0.4, 0.5) is 0 Å². The van der Waals surface area contributed by atoms with Crippen LogP contribution in [0.5, 0.6) is 0 Å². The Kier molecular flexibility index (Phi) is 4.42. The minimum absolute atomic E-state index is 0.128. The number of aromatic nitrogens is 4. The first-order valence-electron chi connectivity index (χ1n) is 9.53. The molecule has 140 valence electrons. The summed E-state index contributed by atoms with van der Waals surface area (Å²) < 4.78 is 1.74. The maximum Gasteiger partial charge on any atom is 0.252 e. The van der Waals surface area contributed by atoms with Crippen LogP contribution < -0.4 is 0 Å². The second kappa shape index (κ2) is 6.61. The summed E-state index contributed by atoms with van der Waals surface area (Å²) in [6.07, 6.45) is 6.42. The monoisotopic (exact) mass is 357 g/mol. The lowest BCUT2D eigenvalue weighted by molar-refractivity contribution is -0.131. The zero-order chi connectivity index (χ0) is 18.4. The first kappa shape index (κ1) is 17.4. The van der Waals surface area contributed by atoms with Crippen molar-refractivity contribution in [2.24, 2.45) is 11.8 Å². The topological polar surface area (TPSA) is 83.6 Å². The Balaban J connectivity index is 1.40. The molecule has 0 aromatic carbocycles. The third kappa shape index (κ3) is 2.98. The predicted molar refractivity (Wildman–Crippen MR) is 96.6 cm³/mol. The number of aliphatic hydroxyl groups is 1. The van der Waals surface area contributed by atoms with Gasteiger partial charge in [-0.05, 0) is 63.4 Å². The fourth-order valence-electron chi connectivity index (χ4n) is 5.00. The number of amides is 1. The molecule has 26 heavy (non-hydrogen) atoms. The third-order valence-electron chi connectivity index (χ3n) is 6.48. The minimum Gasteiger partial charge on any atom is -0.393 e. The standard InChI is InChI=1S/C19H27N5O2/c1-11-17(12(2)24-19(22-11)20-10-21-24)4-5-18(26)23(3)15-6-13-8-16(25)9-14(13)7-15/h10,13-16,25H,4-9H2,1-3H3/t13-,14+,15?,16?. The first-order chi connectivity index (χ1) is 12.4. The zero-order valence-electron chi connectivity index (χ0n) is 15.7. The van der Waals surface area contributed by atoms with Crippen LogP contribution in [0.2, 0.25) is 0 Å². The second-order valence-electron chi connectivity index (χ2n) is 8.01. The maximum atomic E-state index is 12.7. The molecule has 4 rings (SSSR count). The third-order valence-corrected chi connectivity index (χ3v) is 6.48.